The lowest BCUT2D eigenvalue weighted by Gasteiger charge is -2.56. The second-order valence-corrected chi connectivity index (χ2v) is 12.1. The Bertz CT molecular complexity index is 790. The summed E-state index contributed by atoms with van der Waals surface area (Å²) in [5.74, 6) is 4.46. The number of fused-ring (bicyclic) bond motifs is 5. The second kappa shape index (κ2) is 7.19. The number of halogens is 1. The van der Waals surface area contributed by atoms with E-state index in [1.165, 1.54) is 38.5 Å². The van der Waals surface area contributed by atoms with E-state index in [-0.39, 0.29) is 11.3 Å². The SMILES string of the molecule is CC12CC[C@H]3[C@@H](CC[C@@H]4C[C@](C)(O)CC[C@@H]43)[C@@H]1CC[C@@H]2C(=O)Cn1cc(Br)cn1. The summed E-state index contributed by atoms with van der Waals surface area (Å²) in [6.45, 7) is 4.88. The highest BCUT2D eigenvalue weighted by molar-refractivity contribution is 9.10. The zero-order valence-electron chi connectivity index (χ0n) is 17.8. The van der Waals surface area contributed by atoms with Crippen LogP contribution in [0.4, 0.5) is 0 Å². The highest BCUT2D eigenvalue weighted by Crippen LogP contribution is 2.64. The molecular formula is C24H35BrN2O2. The molecule has 160 valence electrons. The fraction of sp³-hybridized carbons (Fsp3) is 0.833. The first kappa shape index (κ1) is 20.2. The molecule has 0 amide bonds. The van der Waals surface area contributed by atoms with Crippen molar-refractivity contribution in [3.05, 3.63) is 16.9 Å². The van der Waals surface area contributed by atoms with Crippen LogP contribution in [-0.2, 0) is 11.3 Å². The van der Waals surface area contributed by atoms with E-state index in [2.05, 4.69) is 28.0 Å². The molecule has 5 heteroatoms. The van der Waals surface area contributed by atoms with E-state index in [9.17, 15) is 9.90 Å². The quantitative estimate of drug-likeness (QED) is 0.668. The van der Waals surface area contributed by atoms with Crippen molar-refractivity contribution in [2.24, 2.45) is 40.9 Å². The number of carbonyl (C=O) groups is 1. The number of nitrogens with zero attached hydrogens (tertiary/aromatic N) is 2. The zero-order chi connectivity index (χ0) is 20.4. The minimum absolute atomic E-state index is 0.176. The van der Waals surface area contributed by atoms with E-state index in [1.54, 1.807) is 10.9 Å². The molecule has 4 fully saturated rings. The molecule has 4 saturated carbocycles. The van der Waals surface area contributed by atoms with Gasteiger partial charge in [0.15, 0.2) is 5.78 Å². The number of aromatic nitrogens is 2. The molecule has 4 aliphatic carbocycles. The van der Waals surface area contributed by atoms with Crippen LogP contribution >= 0.6 is 15.9 Å². The lowest BCUT2D eigenvalue weighted by atomic mass is 9.49. The number of rotatable bonds is 3. The Labute approximate surface area is 183 Å². The molecule has 1 aromatic rings. The number of carbonyl (C=O) groups excluding carboxylic acids is 1. The Morgan fingerprint density at radius 2 is 1.93 bits per heavy atom. The topological polar surface area (TPSA) is 55.1 Å². The Morgan fingerprint density at radius 3 is 2.69 bits per heavy atom. The normalized spacial score (nSPS) is 46.6. The average Bonchev–Trinajstić information content (AvgIpc) is 3.22. The molecule has 0 aliphatic heterocycles. The number of aliphatic hydroxyl groups is 1. The van der Waals surface area contributed by atoms with Gasteiger partial charge in [-0.25, -0.2) is 0 Å². The van der Waals surface area contributed by atoms with Crippen molar-refractivity contribution in [2.45, 2.75) is 83.8 Å². The minimum Gasteiger partial charge on any atom is -0.390 e. The van der Waals surface area contributed by atoms with Crippen molar-refractivity contribution in [2.75, 3.05) is 0 Å². The van der Waals surface area contributed by atoms with Gasteiger partial charge in [-0.3, -0.25) is 9.48 Å². The van der Waals surface area contributed by atoms with E-state index >= 15 is 0 Å². The van der Waals surface area contributed by atoms with E-state index in [0.717, 1.165) is 47.4 Å². The van der Waals surface area contributed by atoms with Crippen LogP contribution < -0.4 is 0 Å². The third-order valence-electron chi connectivity index (χ3n) is 9.55. The van der Waals surface area contributed by atoms with Gasteiger partial charge in [0.2, 0.25) is 0 Å². The molecule has 0 radical (unpaired) electrons. The van der Waals surface area contributed by atoms with Crippen molar-refractivity contribution in [3.8, 4) is 0 Å². The Morgan fingerprint density at radius 1 is 1.14 bits per heavy atom. The molecule has 1 heterocycles. The summed E-state index contributed by atoms with van der Waals surface area (Å²) in [7, 11) is 0. The van der Waals surface area contributed by atoms with Crippen LogP contribution in [0.3, 0.4) is 0 Å². The van der Waals surface area contributed by atoms with Crippen molar-refractivity contribution in [3.63, 3.8) is 0 Å². The molecule has 4 aliphatic rings. The molecule has 0 spiro atoms. The van der Waals surface area contributed by atoms with Gasteiger partial charge in [0, 0.05) is 12.1 Å². The fourth-order valence-corrected chi connectivity index (χ4v) is 8.63. The number of hydrogen-bond acceptors (Lipinski definition) is 3. The van der Waals surface area contributed by atoms with Gasteiger partial charge >= 0.3 is 0 Å². The number of hydrogen-bond donors (Lipinski definition) is 1. The van der Waals surface area contributed by atoms with Gasteiger partial charge in [-0.05, 0) is 116 Å². The lowest BCUT2D eigenvalue weighted by molar-refractivity contribution is -0.133. The number of Topliss-reactive ketones (excluding diaryl/α,β-unsaturated/α-hetero) is 1. The summed E-state index contributed by atoms with van der Waals surface area (Å²) in [6.07, 6.45) is 14.2. The molecular weight excluding hydrogens is 428 g/mol. The van der Waals surface area contributed by atoms with Crippen LogP contribution in [0.1, 0.15) is 71.6 Å². The minimum atomic E-state index is -0.441. The summed E-state index contributed by atoms with van der Waals surface area (Å²) in [5.41, 5.74) is -0.265. The van der Waals surface area contributed by atoms with Crippen molar-refractivity contribution in [1.82, 2.24) is 9.78 Å². The third kappa shape index (κ3) is 3.44. The molecule has 0 saturated heterocycles. The van der Waals surface area contributed by atoms with Gasteiger partial charge in [-0.1, -0.05) is 6.92 Å². The molecule has 1 N–H and O–H groups in total. The van der Waals surface area contributed by atoms with Gasteiger partial charge in [-0.15, -0.1) is 0 Å². The molecule has 4 nitrogen and oxygen atoms in total. The van der Waals surface area contributed by atoms with Gasteiger partial charge < -0.3 is 5.11 Å². The number of ketones is 1. The van der Waals surface area contributed by atoms with Crippen LogP contribution in [0.2, 0.25) is 0 Å². The molecule has 1 unspecified atom stereocenters. The van der Waals surface area contributed by atoms with Crippen LogP contribution in [0.5, 0.6) is 0 Å². The molecule has 8 atom stereocenters. The molecule has 5 rings (SSSR count). The van der Waals surface area contributed by atoms with Gasteiger partial charge in [0.05, 0.1) is 22.8 Å². The average molecular weight is 463 g/mol. The van der Waals surface area contributed by atoms with Crippen molar-refractivity contribution in [1.29, 1.82) is 0 Å². The molecule has 0 aromatic carbocycles. The summed E-state index contributed by atoms with van der Waals surface area (Å²) < 4.78 is 2.72. The van der Waals surface area contributed by atoms with Crippen LogP contribution in [0, 0.1) is 40.9 Å². The smallest absolute Gasteiger partial charge is 0.157 e. The zero-order valence-corrected chi connectivity index (χ0v) is 19.4. The van der Waals surface area contributed by atoms with E-state index < -0.39 is 5.60 Å². The van der Waals surface area contributed by atoms with E-state index in [1.807, 2.05) is 13.1 Å². The van der Waals surface area contributed by atoms with Crippen molar-refractivity contribution < 1.29 is 9.90 Å². The summed E-state index contributed by atoms with van der Waals surface area (Å²) >= 11 is 3.43. The monoisotopic (exact) mass is 462 g/mol. The molecule has 29 heavy (non-hydrogen) atoms. The first-order valence-corrected chi connectivity index (χ1v) is 12.5. The lowest BCUT2D eigenvalue weighted by Crippen LogP contribution is -2.51. The molecule has 1 aromatic heterocycles. The maximum Gasteiger partial charge on any atom is 0.157 e. The van der Waals surface area contributed by atoms with Gasteiger partial charge in [0.1, 0.15) is 0 Å². The predicted octanol–water partition coefficient (Wildman–Crippen LogP) is 5.23. The fourth-order valence-electron chi connectivity index (χ4n) is 8.31. The molecule has 0 bridgehead atoms. The highest BCUT2D eigenvalue weighted by Gasteiger charge is 2.58. The second-order valence-electron chi connectivity index (χ2n) is 11.2. The summed E-state index contributed by atoms with van der Waals surface area (Å²) in [4.78, 5) is 13.2. The van der Waals surface area contributed by atoms with E-state index in [4.69, 9.17) is 0 Å². The Balaban J connectivity index is 1.31. The maximum atomic E-state index is 13.2. The van der Waals surface area contributed by atoms with E-state index in [0.29, 0.717) is 18.2 Å². The summed E-state index contributed by atoms with van der Waals surface area (Å²) in [6, 6.07) is 0. The Hall–Kier alpha value is -0.680. The van der Waals surface area contributed by atoms with Crippen LogP contribution in [-0.4, -0.2) is 26.3 Å². The largest absolute Gasteiger partial charge is 0.390 e. The predicted molar refractivity (Wildman–Crippen MR) is 116 cm³/mol. The standard InChI is InChI=1S/C24H35BrN2O2/c1-23(29)9-7-17-15(11-23)3-4-19-18(17)8-10-24(2)20(19)5-6-21(24)22(28)14-27-13-16(25)12-26-27/h12-13,15,17-21,29H,3-11,14H2,1-2H3/t15-,17+,18-,19-,20+,21-,23-,24?/m1/s1. The van der Waals surface area contributed by atoms with Gasteiger partial charge in [0.25, 0.3) is 0 Å². The summed E-state index contributed by atoms with van der Waals surface area (Å²) in [5, 5.41) is 14.9. The third-order valence-corrected chi connectivity index (χ3v) is 9.95. The maximum absolute atomic E-state index is 13.2. The van der Waals surface area contributed by atoms with Crippen LogP contribution in [0.25, 0.3) is 0 Å². The van der Waals surface area contributed by atoms with Crippen LogP contribution in [0.15, 0.2) is 16.9 Å². The highest BCUT2D eigenvalue weighted by atomic mass is 79.9. The first-order chi connectivity index (χ1) is 13.8. The van der Waals surface area contributed by atoms with Gasteiger partial charge in [-0.2, -0.15) is 5.10 Å². The Kier molecular flexibility index (Phi) is 5.01. The van der Waals surface area contributed by atoms with Crippen molar-refractivity contribution >= 4 is 21.7 Å². The first-order valence-electron chi connectivity index (χ1n) is 11.7.